The van der Waals surface area contributed by atoms with Crippen LogP contribution in [-0.4, -0.2) is 83.4 Å². The molecule has 3 aromatic rings. The molecule has 1 heterocycles. The molecule has 1 aromatic heterocycles. The van der Waals surface area contributed by atoms with Crippen LogP contribution in [0.5, 0.6) is 23.0 Å². The van der Waals surface area contributed by atoms with E-state index >= 15 is 0 Å². The van der Waals surface area contributed by atoms with Crippen molar-refractivity contribution >= 4 is 23.2 Å². The zero-order valence-corrected chi connectivity index (χ0v) is 25.5. The van der Waals surface area contributed by atoms with Gasteiger partial charge in [0.1, 0.15) is 18.0 Å². The van der Waals surface area contributed by atoms with Gasteiger partial charge in [-0.1, -0.05) is 6.07 Å². The first-order chi connectivity index (χ1) is 19.8. The second kappa shape index (κ2) is 15.9. The van der Waals surface area contributed by atoms with Gasteiger partial charge in [0.05, 0.1) is 40.5 Å². The molecule has 0 aliphatic heterocycles. The molecule has 0 saturated carbocycles. The fraction of sp³-hybridized carbons (Fsp3) is 0.419. The number of ether oxygens (including phenoxy) is 5. The predicted octanol–water partition coefficient (Wildman–Crippen LogP) is 4.84. The van der Waals surface area contributed by atoms with Gasteiger partial charge in [0.2, 0.25) is 5.91 Å². The van der Waals surface area contributed by atoms with Crippen LogP contribution in [0.1, 0.15) is 32.8 Å². The van der Waals surface area contributed by atoms with Crippen LogP contribution < -0.4 is 18.9 Å². The second-order valence-electron chi connectivity index (χ2n) is 9.42. The molecule has 0 saturated heterocycles. The molecule has 9 nitrogen and oxygen atoms in total. The van der Waals surface area contributed by atoms with Crippen molar-refractivity contribution < 1.29 is 33.3 Å². The summed E-state index contributed by atoms with van der Waals surface area (Å²) in [4.78, 5) is 32.1. The predicted molar refractivity (Wildman–Crippen MR) is 160 cm³/mol. The van der Waals surface area contributed by atoms with Crippen LogP contribution >= 0.6 is 11.3 Å². The quantitative estimate of drug-likeness (QED) is 0.223. The lowest BCUT2D eigenvalue weighted by Crippen LogP contribution is -2.44. The number of methoxy groups -OCH3 is 5. The van der Waals surface area contributed by atoms with E-state index in [9.17, 15) is 9.59 Å². The molecule has 3 rings (SSSR count). The van der Waals surface area contributed by atoms with Gasteiger partial charge < -0.3 is 33.5 Å². The molecule has 0 fully saturated rings. The fourth-order valence-corrected chi connectivity index (χ4v) is 5.31. The van der Waals surface area contributed by atoms with E-state index in [1.54, 1.807) is 62.9 Å². The van der Waals surface area contributed by atoms with E-state index in [-0.39, 0.29) is 18.4 Å². The Labute approximate surface area is 246 Å². The van der Waals surface area contributed by atoms with Crippen molar-refractivity contribution in [2.75, 3.05) is 61.8 Å². The van der Waals surface area contributed by atoms with E-state index in [1.165, 1.54) is 7.11 Å². The first kappa shape index (κ1) is 31.8. The maximum atomic E-state index is 13.9. The summed E-state index contributed by atoms with van der Waals surface area (Å²) in [5, 5.41) is 2.03. The molecule has 2 aromatic carbocycles. The maximum Gasteiger partial charge on any atom is 0.258 e. The Morgan fingerprint density at radius 1 is 0.805 bits per heavy atom. The van der Waals surface area contributed by atoms with Crippen molar-refractivity contribution in [3.63, 3.8) is 0 Å². The lowest BCUT2D eigenvalue weighted by Gasteiger charge is -2.28. The van der Waals surface area contributed by atoms with Crippen LogP contribution in [0, 0.1) is 6.92 Å². The Hall–Kier alpha value is -3.76. The molecule has 0 aliphatic carbocycles. The maximum absolute atomic E-state index is 13.9. The summed E-state index contributed by atoms with van der Waals surface area (Å²) in [7, 11) is 7.87. The smallest absolute Gasteiger partial charge is 0.258 e. The van der Waals surface area contributed by atoms with Crippen molar-refractivity contribution in [1.29, 1.82) is 0 Å². The highest BCUT2D eigenvalue weighted by Gasteiger charge is 2.25. The lowest BCUT2D eigenvalue weighted by atomic mass is 10.1. The topological polar surface area (TPSA) is 86.8 Å². The monoisotopic (exact) mass is 584 g/mol. The third kappa shape index (κ3) is 8.61. The van der Waals surface area contributed by atoms with E-state index < -0.39 is 0 Å². The average Bonchev–Trinajstić information content (AvgIpc) is 3.41. The Kier molecular flexibility index (Phi) is 12.3. The van der Waals surface area contributed by atoms with Crippen LogP contribution in [0.25, 0.3) is 0 Å². The minimum Gasteiger partial charge on any atom is -0.497 e. The standard InChI is InChI=1S/C31H40N2O7S/c1-22-13-17-41-29(22)20-32(15-12-23-8-11-26(38-4)28(18-23)40-6)30(34)21-33(14-7-16-36-2)31(35)25-10-9-24(37-3)19-27(25)39-5/h8-11,13,17-19H,7,12,14-16,20-21H2,1-6H3. The minimum atomic E-state index is -0.291. The Bertz CT molecular complexity index is 1290. The van der Waals surface area contributed by atoms with Gasteiger partial charge in [-0.15, -0.1) is 11.3 Å². The number of thiophene rings is 1. The highest BCUT2D eigenvalue weighted by atomic mass is 32.1. The minimum absolute atomic E-state index is 0.0753. The summed E-state index contributed by atoms with van der Waals surface area (Å²) in [6.07, 6.45) is 1.20. The second-order valence-corrected chi connectivity index (χ2v) is 10.4. The van der Waals surface area contributed by atoms with Crippen molar-refractivity contribution in [2.24, 2.45) is 0 Å². The molecule has 10 heteroatoms. The number of carbonyl (C=O) groups excluding carboxylic acids is 2. The van der Waals surface area contributed by atoms with Gasteiger partial charge >= 0.3 is 0 Å². The van der Waals surface area contributed by atoms with Crippen molar-refractivity contribution in [3.8, 4) is 23.0 Å². The molecule has 41 heavy (non-hydrogen) atoms. The summed E-state index contributed by atoms with van der Waals surface area (Å²) in [5.41, 5.74) is 2.51. The summed E-state index contributed by atoms with van der Waals surface area (Å²) >= 11 is 1.62. The third-order valence-electron chi connectivity index (χ3n) is 6.80. The molecule has 0 radical (unpaired) electrons. The summed E-state index contributed by atoms with van der Waals surface area (Å²) in [5.74, 6) is 1.82. The number of hydrogen-bond donors (Lipinski definition) is 0. The normalized spacial score (nSPS) is 10.7. The van der Waals surface area contributed by atoms with Crippen molar-refractivity contribution in [3.05, 3.63) is 69.4 Å². The van der Waals surface area contributed by atoms with Gasteiger partial charge in [-0.05, 0) is 66.6 Å². The third-order valence-corrected chi connectivity index (χ3v) is 7.81. The summed E-state index contributed by atoms with van der Waals surface area (Å²) in [6, 6.07) is 12.8. The SMILES string of the molecule is COCCCN(CC(=O)N(CCc1ccc(OC)c(OC)c1)Cc1sccc1C)C(=O)c1ccc(OC)cc1OC. The molecular weight excluding hydrogens is 544 g/mol. The summed E-state index contributed by atoms with van der Waals surface area (Å²) in [6.45, 7) is 3.72. The summed E-state index contributed by atoms with van der Waals surface area (Å²) < 4.78 is 26.8. The Morgan fingerprint density at radius 3 is 2.20 bits per heavy atom. The lowest BCUT2D eigenvalue weighted by molar-refractivity contribution is -0.132. The molecule has 0 N–H and O–H groups in total. The molecule has 2 amide bonds. The molecule has 0 bridgehead atoms. The number of carbonyl (C=O) groups is 2. The molecule has 0 aliphatic rings. The van der Waals surface area contributed by atoms with Gasteiger partial charge in [-0.25, -0.2) is 0 Å². The van der Waals surface area contributed by atoms with E-state index in [2.05, 4.69) is 0 Å². The fourth-order valence-electron chi connectivity index (χ4n) is 4.39. The number of amides is 2. The molecule has 0 unspecified atom stereocenters. The van der Waals surface area contributed by atoms with Gasteiger partial charge in [0.25, 0.3) is 5.91 Å². The zero-order chi connectivity index (χ0) is 29.8. The first-order valence-electron chi connectivity index (χ1n) is 13.4. The van der Waals surface area contributed by atoms with Crippen LogP contribution in [0.3, 0.4) is 0 Å². The van der Waals surface area contributed by atoms with Crippen LogP contribution in [0.4, 0.5) is 0 Å². The Balaban J connectivity index is 1.85. The highest BCUT2D eigenvalue weighted by Crippen LogP contribution is 2.29. The zero-order valence-electron chi connectivity index (χ0n) is 24.7. The molecule has 0 atom stereocenters. The molecule has 0 spiro atoms. The van der Waals surface area contributed by atoms with Gasteiger partial charge in [0, 0.05) is 37.7 Å². The highest BCUT2D eigenvalue weighted by molar-refractivity contribution is 7.10. The first-order valence-corrected chi connectivity index (χ1v) is 14.2. The van der Waals surface area contributed by atoms with Crippen molar-refractivity contribution in [1.82, 2.24) is 9.80 Å². The van der Waals surface area contributed by atoms with Crippen LogP contribution in [0.15, 0.2) is 47.8 Å². The number of nitrogens with zero attached hydrogens (tertiary/aromatic N) is 2. The average molecular weight is 585 g/mol. The number of aryl methyl sites for hydroxylation is 1. The Morgan fingerprint density at radius 2 is 1.56 bits per heavy atom. The molecule has 222 valence electrons. The van der Waals surface area contributed by atoms with Gasteiger partial charge in [-0.2, -0.15) is 0 Å². The van der Waals surface area contributed by atoms with Crippen LogP contribution in [-0.2, 0) is 22.5 Å². The van der Waals surface area contributed by atoms with Crippen molar-refractivity contribution in [2.45, 2.75) is 26.3 Å². The van der Waals surface area contributed by atoms with Gasteiger partial charge in [-0.3, -0.25) is 9.59 Å². The number of rotatable bonds is 16. The number of hydrogen-bond acceptors (Lipinski definition) is 8. The molecular formula is C31H40N2O7S. The number of benzene rings is 2. The van der Waals surface area contributed by atoms with E-state index in [1.807, 2.05) is 41.5 Å². The van der Waals surface area contributed by atoms with Crippen LogP contribution in [0.2, 0.25) is 0 Å². The van der Waals surface area contributed by atoms with E-state index in [4.69, 9.17) is 23.7 Å². The van der Waals surface area contributed by atoms with E-state index in [0.29, 0.717) is 67.6 Å². The van der Waals surface area contributed by atoms with Gasteiger partial charge in [0.15, 0.2) is 11.5 Å². The van der Waals surface area contributed by atoms with E-state index in [0.717, 1.165) is 16.0 Å². The largest absolute Gasteiger partial charge is 0.497 e.